The second kappa shape index (κ2) is 25.8. The fourth-order valence-electron chi connectivity index (χ4n) is 6.16. The zero-order valence-corrected chi connectivity index (χ0v) is 29.6. The fraction of sp³-hybridized carbons (Fsp3) is 0.889. The van der Waals surface area contributed by atoms with Crippen molar-refractivity contribution >= 4 is 23.8 Å². The Morgan fingerprint density at radius 2 is 0.957 bits per heavy atom. The molecule has 0 unspecified atom stereocenters. The van der Waals surface area contributed by atoms with Gasteiger partial charge in [0, 0.05) is 33.7 Å². The molecule has 268 valence electrons. The fourth-order valence-corrected chi connectivity index (χ4v) is 6.16. The van der Waals surface area contributed by atoms with Gasteiger partial charge < -0.3 is 29.0 Å². The van der Waals surface area contributed by atoms with Crippen molar-refractivity contribution in [2.45, 2.75) is 194 Å². The number of hydrogen-bond donors (Lipinski definition) is 1. The van der Waals surface area contributed by atoms with Gasteiger partial charge in [0.2, 0.25) is 5.91 Å². The molecule has 1 aliphatic rings. The Bertz CT molecular complexity index is 851. The lowest BCUT2D eigenvalue weighted by Crippen LogP contribution is -2.66. The summed E-state index contributed by atoms with van der Waals surface area (Å²) >= 11 is 0. The highest BCUT2D eigenvalue weighted by Gasteiger charge is 2.53. The van der Waals surface area contributed by atoms with Crippen molar-refractivity contribution in [2.24, 2.45) is 0 Å². The van der Waals surface area contributed by atoms with Crippen molar-refractivity contribution in [3.05, 3.63) is 0 Å². The Labute approximate surface area is 278 Å². The molecule has 0 aromatic rings. The minimum absolute atomic E-state index is 0.148. The van der Waals surface area contributed by atoms with Crippen molar-refractivity contribution in [3.8, 4) is 0 Å². The van der Waals surface area contributed by atoms with Crippen LogP contribution in [0, 0.1) is 0 Å². The van der Waals surface area contributed by atoms with Crippen molar-refractivity contribution in [1.29, 1.82) is 0 Å². The molecule has 0 aromatic heterocycles. The monoisotopic (exact) mass is 655 g/mol. The lowest BCUT2D eigenvalue weighted by atomic mass is 9.96. The first kappa shape index (κ1) is 41.8. The second-order valence-electron chi connectivity index (χ2n) is 12.8. The van der Waals surface area contributed by atoms with Crippen LogP contribution < -0.4 is 0 Å². The van der Waals surface area contributed by atoms with Crippen LogP contribution in [0.25, 0.3) is 0 Å². The Morgan fingerprint density at radius 1 is 0.565 bits per heavy atom. The molecule has 0 bridgehead atoms. The molecule has 46 heavy (non-hydrogen) atoms. The number of aliphatic hydroxyl groups excluding tert-OH is 1. The SMILES string of the molecule is CCCCCCCCCCCCN(C(=O)CCCCCCCCCCC)[C@@H]1O[C@H](CO)[C@@H](OC(C)=O)[C@H](OC(C)=O)[C@@H]1OC(C)=O. The second-order valence-corrected chi connectivity index (χ2v) is 12.8. The highest BCUT2D eigenvalue weighted by Crippen LogP contribution is 2.31. The van der Waals surface area contributed by atoms with Crippen molar-refractivity contribution in [3.63, 3.8) is 0 Å². The first-order valence-electron chi connectivity index (χ1n) is 18.2. The smallest absolute Gasteiger partial charge is 0.303 e. The van der Waals surface area contributed by atoms with Crippen LogP contribution in [0.2, 0.25) is 0 Å². The maximum atomic E-state index is 13.8. The Morgan fingerprint density at radius 3 is 1.39 bits per heavy atom. The molecule has 1 amide bonds. The maximum Gasteiger partial charge on any atom is 0.303 e. The molecule has 0 aromatic carbocycles. The lowest BCUT2D eigenvalue weighted by molar-refractivity contribution is -0.275. The summed E-state index contributed by atoms with van der Waals surface area (Å²) in [5.41, 5.74) is 0. The van der Waals surface area contributed by atoms with E-state index in [0.717, 1.165) is 51.4 Å². The number of unbranched alkanes of at least 4 members (excludes halogenated alkanes) is 17. The van der Waals surface area contributed by atoms with E-state index in [1.165, 1.54) is 91.4 Å². The minimum atomic E-state index is -1.27. The standard InChI is InChI=1S/C36H65NO9/c1-6-8-10-12-14-16-18-20-22-24-26-37(32(42)25-23-21-19-17-15-13-11-9-7-2)36-35(45-30(5)41)34(44-29(4)40)33(43-28(3)39)31(27-38)46-36/h31,33-36,38H,6-27H2,1-5H3/t31-,33-,34+,35+,36-/m1/s1. The topological polar surface area (TPSA) is 129 Å². The van der Waals surface area contributed by atoms with Crippen molar-refractivity contribution < 1.29 is 43.2 Å². The third kappa shape index (κ3) is 17.6. The van der Waals surface area contributed by atoms with Gasteiger partial charge in [0.1, 0.15) is 6.10 Å². The first-order chi connectivity index (χ1) is 22.2. The van der Waals surface area contributed by atoms with Gasteiger partial charge in [-0.2, -0.15) is 0 Å². The molecule has 1 heterocycles. The molecule has 10 nitrogen and oxygen atoms in total. The predicted molar refractivity (Wildman–Crippen MR) is 178 cm³/mol. The van der Waals surface area contributed by atoms with E-state index in [9.17, 15) is 24.3 Å². The summed E-state index contributed by atoms with van der Waals surface area (Å²) in [5, 5.41) is 10.2. The Hall–Kier alpha value is -2.20. The van der Waals surface area contributed by atoms with E-state index < -0.39 is 55.2 Å². The molecular weight excluding hydrogens is 590 g/mol. The van der Waals surface area contributed by atoms with Gasteiger partial charge in [-0.1, -0.05) is 123 Å². The highest BCUT2D eigenvalue weighted by atomic mass is 16.7. The molecule has 0 radical (unpaired) electrons. The molecule has 1 aliphatic heterocycles. The van der Waals surface area contributed by atoms with Crippen LogP contribution in [-0.2, 0) is 38.1 Å². The number of carbonyl (C=O) groups is 4. The number of ether oxygens (including phenoxy) is 4. The van der Waals surface area contributed by atoms with Crippen LogP contribution in [0.4, 0.5) is 0 Å². The molecule has 1 saturated heterocycles. The molecule has 0 aliphatic carbocycles. The highest BCUT2D eigenvalue weighted by molar-refractivity contribution is 5.76. The van der Waals surface area contributed by atoms with Gasteiger partial charge in [-0.15, -0.1) is 0 Å². The number of esters is 3. The van der Waals surface area contributed by atoms with E-state index in [1.54, 1.807) is 4.90 Å². The number of hydrogen-bond acceptors (Lipinski definition) is 9. The number of nitrogens with zero attached hydrogens (tertiary/aromatic N) is 1. The van der Waals surface area contributed by atoms with Gasteiger partial charge in [0.25, 0.3) is 0 Å². The zero-order chi connectivity index (χ0) is 34.2. The molecule has 5 atom stereocenters. The van der Waals surface area contributed by atoms with Crippen LogP contribution in [0.15, 0.2) is 0 Å². The molecule has 10 heteroatoms. The average molecular weight is 656 g/mol. The summed E-state index contributed by atoms with van der Waals surface area (Å²) in [6, 6.07) is 0. The largest absolute Gasteiger partial charge is 0.456 e. The van der Waals surface area contributed by atoms with E-state index in [1.807, 2.05) is 0 Å². The normalized spacial score (nSPS) is 21.0. The predicted octanol–water partition coefficient (Wildman–Crippen LogP) is 7.17. The molecule has 1 N–H and O–H groups in total. The van der Waals surface area contributed by atoms with Crippen LogP contribution in [-0.4, -0.2) is 77.6 Å². The molecular formula is C36H65NO9. The summed E-state index contributed by atoms with van der Waals surface area (Å²) in [4.78, 5) is 51.8. The third-order valence-corrected chi connectivity index (χ3v) is 8.57. The van der Waals surface area contributed by atoms with Crippen LogP contribution >= 0.6 is 0 Å². The summed E-state index contributed by atoms with van der Waals surface area (Å²) < 4.78 is 22.8. The van der Waals surface area contributed by atoms with Gasteiger partial charge in [0.15, 0.2) is 24.5 Å². The molecule has 1 fully saturated rings. The van der Waals surface area contributed by atoms with Gasteiger partial charge >= 0.3 is 17.9 Å². The van der Waals surface area contributed by atoms with E-state index in [2.05, 4.69) is 13.8 Å². The summed E-state index contributed by atoms with van der Waals surface area (Å²) in [7, 11) is 0. The average Bonchev–Trinajstić information content (AvgIpc) is 3.00. The van der Waals surface area contributed by atoms with E-state index in [0.29, 0.717) is 13.0 Å². The number of rotatable bonds is 26. The quantitative estimate of drug-likeness (QED) is 0.0586. The summed E-state index contributed by atoms with van der Waals surface area (Å²) in [6.45, 7) is 7.84. The van der Waals surface area contributed by atoms with E-state index in [4.69, 9.17) is 18.9 Å². The van der Waals surface area contributed by atoms with Gasteiger partial charge in [-0.3, -0.25) is 19.2 Å². The molecule has 0 saturated carbocycles. The van der Waals surface area contributed by atoms with Crippen molar-refractivity contribution in [1.82, 2.24) is 4.90 Å². The number of aliphatic hydroxyl groups is 1. The van der Waals surface area contributed by atoms with Crippen LogP contribution in [0.3, 0.4) is 0 Å². The first-order valence-corrected chi connectivity index (χ1v) is 18.2. The summed E-state index contributed by atoms with van der Waals surface area (Å²) in [6.07, 6.45) is 15.8. The van der Waals surface area contributed by atoms with Gasteiger partial charge in [-0.05, 0) is 12.8 Å². The van der Waals surface area contributed by atoms with Gasteiger partial charge in [0.05, 0.1) is 6.61 Å². The lowest BCUT2D eigenvalue weighted by Gasteiger charge is -2.47. The Balaban J connectivity index is 3.03. The third-order valence-electron chi connectivity index (χ3n) is 8.57. The van der Waals surface area contributed by atoms with Gasteiger partial charge in [-0.25, -0.2) is 0 Å². The molecule has 1 rings (SSSR count). The maximum absolute atomic E-state index is 13.8. The number of carbonyl (C=O) groups excluding carboxylic acids is 4. The van der Waals surface area contributed by atoms with E-state index >= 15 is 0 Å². The molecule has 0 spiro atoms. The zero-order valence-electron chi connectivity index (χ0n) is 29.6. The van der Waals surface area contributed by atoms with E-state index in [-0.39, 0.29) is 5.91 Å². The van der Waals surface area contributed by atoms with Crippen LogP contribution in [0.1, 0.15) is 163 Å². The van der Waals surface area contributed by atoms with Crippen LogP contribution in [0.5, 0.6) is 0 Å². The Kier molecular flexibility index (Phi) is 23.5. The minimum Gasteiger partial charge on any atom is -0.456 e. The number of amides is 1. The summed E-state index contributed by atoms with van der Waals surface area (Å²) in [5.74, 6) is -2.16. The van der Waals surface area contributed by atoms with Crippen molar-refractivity contribution in [2.75, 3.05) is 13.2 Å².